The van der Waals surface area contributed by atoms with Crippen LogP contribution in [0.2, 0.25) is 0 Å². The van der Waals surface area contributed by atoms with Crippen molar-refractivity contribution in [1.29, 1.82) is 0 Å². The van der Waals surface area contributed by atoms with Crippen molar-refractivity contribution in [2.75, 3.05) is 18.5 Å². The Morgan fingerprint density at radius 2 is 2.00 bits per heavy atom. The molecular formula is C11H15N3O3. The number of amides is 1. The van der Waals surface area contributed by atoms with Crippen LogP contribution < -0.4 is 5.32 Å². The van der Waals surface area contributed by atoms with Crippen molar-refractivity contribution in [3.05, 3.63) is 5.89 Å². The minimum atomic E-state index is -0.0311. The molecule has 92 valence electrons. The lowest BCUT2D eigenvalue weighted by Gasteiger charge is -2.20. The molecule has 6 heteroatoms. The molecule has 1 amide bonds. The number of hydrogen-bond donors (Lipinski definition) is 1. The summed E-state index contributed by atoms with van der Waals surface area (Å²) < 4.78 is 10.3. The molecule has 0 aromatic carbocycles. The van der Waals surface area contributed by atoms with Gasteiger partial charge in [0.25, 0.3) is 5.95 Å². The topological polar surface area (TPSA) is 77.3 Å². The molecule has 3 rings (SSSR count). The summed E-state index contributed by atoms with van der Waals surface area (Å²) in [5, 5.41) is 6.47. The van der Waals surface area contributed by atoms with Gasteiger partial charge in [0.15, 0.2) is 0 Å². The minimum Gasteiger partial charge on any atom is -0.381 e. The zero-order chi connectivity index (χ0) is 11.7. The van der Waals surface area contributed by atoms with Gasteiger partial charge in [-0.2, -0.15) is 4.98 Å². The van der Waals surface area contributed by atoms with E-state index in [0.717, 1.165) is 25.7 Å². The van der Waals surface area contributed by atoms with Crippen LogP contribution in [0.1, 0.15) is 37.5 Å². The molecule has 2 heterocycles. The van der Waals surface area contributed by atoms with Gasteiger partial charge in [-0.1, -0.05) is 0 Å². The minimum absolute atomic E-state index is 0.00613. The lowest BCUT2D eigenvalue weighted by molar-refractivity contribution is -0.122. The summed E-state index contributed by atoms with van der Waals surface area (Å²) >= 11 is 0. The van der Waals surface area contributed by atoms with Gasteiger partial charge in [0.05, 0.1) is 0 Å². The van der Waals surface area contributed by atoms with Crippen molar-refractivity contribution < 1.29 is 14.1 Å². The maximum Gasteiger partial charge on any atom is 0.270 e. The Hall–Kier alpha value is -1.43. The van der Waals surface area contributed by atoms with E-state index >= 15 is 0 Å². The average molecular weight is 237 g/mol. The first-order chi connectivity index (χ1) is 8.33. The van der Waals surface area contributed by atoms with Gasteiger partial charge in [-0.05, 0) is 30.8 Å². The SMILES string of the molecule is O=C(Nc1noc(C2CC2)n1)C1CCOCC1. The normalized spacial score (nSPS) is 21.4. The molecule has 2 aliphatic rings. The number of ether oxygens (including phenoxy) is 1. The van der Waals surface area contributed by atoms with Crippen LogP contribution in [-0.2, 0) is 9.53 Å². The summed E-state index contributed by atoms with van der Waals surface area (Å²) in [4.78, 5) is 16.0. The number of nitrogens with one attached hydrogen (secondary N) is 1. The molecule has 1 N–H and O–H groups in total. The predicted molar refractivity (Wildman–Crippen MR) is 58.4 cm³/mol. The lowest BCUT2D eigenvalue weighted by atomic mass is 10.00. The average Bonchev–Trinajstić information content (AvgIpc) is 3.12. The molecule has 0 atom stereocenters. The van der Waals surface area contributed by atoms with E-state index < -0.39 is 0 Å². The van der Waals surface area contributed by atoms with Crippen molar-refractivity contribution in [1.82, 2.24) is 10.1 Å². The number of anilines is 1. The van der Waals surface area contributed by atoms with Crippen molar-refractivity contribution >= 4 is 11.9 Å². The number of carbonyl (C=O) groups is 1. The van der Waals surface area contributed by atoms with Crippen LogP contribution >= 0.6 is 0 Å². The highest BCUT2D eigenvalue weighted by Gasteiger charge is 2.30. The quantitative estimate of drug-likeness (QED) is 0.857. The fourth-order valence-corrected chi connectivity index (χ4v) is 1.95. The van der Waals surface area contributed by atoms with Crippen molar-refractivity contribution in [2.24, 2.45) is 5.92 Å². The lowest BCUT2D eigenvalue weighted by Crippen LogP contribution is -2.28. The van der Waals surface area contributed by atoms with Gasteiger partial charge < -0.3 is 9.26 Å². The molecular weight excluding hydrogens is 222 g/mol. The highest BCUT2D eigenvalue weighted by Crippen LogP contribution is 2.39. The number of rotatable bonds is 3. The first kappa shape index (κ1) is 10.7. The Labute approximate surface area is 98.7 Å². The number of aromatic nitrogens is 2. The van der Waals surface area contributed by atoms with Crippen LogP contribution in [0.3, 0.4) is 0 Å². The van der Waals surface area contributed by atoms with Gasteiger partial charge in [0.2, 0.25) is 11.8 Å². The maximum atomic E-state index is 11.9. The zero-order valence-corrected chi connectivity index (χ0v) is 9.52. The van der Waals surface area contributed by atoms with Crippen LogP contribution in [0.5, 0.6) is 0 Å². The van der Waals surface area contributed by atoms with E-state index in [1.165, 1.54) is 0 Å². The van der Waals surface area contributed by atoms with Crippen molar-refractivity contribution in [2.45, 2.75) is 31.6 Å². The molecule has 1 aliphatic heterocycles. The van der Waals surface area contributed by atoms with Gasteiger partial charge in [0, 0.05) is 25.0 Å². The summed E-state index contributed by atoms with van der Waals surface area (Å²) in [6.45, 7) is 1.30. The van der Waals surface area contributed by atoms with E-state index in [2.05, 4.69) is 15.5 Å². The van der Waals surface area contributed by atoms with Gasteiger partial charge in [-0.15, -0.1) is 0 Å². The van der Waals surface area contributed by atoms with E-state index in [1.807, 2.05) is 0 Å². The van der Waals surface area contributed by atoms with Gasteiger partial charge in [-0.25, -0.2) is 0 Å². The van der Waals surface area contributed by atoms with Crippen LogP contribution in [0.4, 0.5) is 5.95 Å². The predicted octanol–water partition coefficient (Wildman–Crippen LogP) is 1.31. The molecule has 1 aliphatic carbocycles. The highest BCUT2D eigenvalue weighted by molar-refractivity contribution is 5.90. The van der Waals surface area contributed by atoms with E-state index in [4.69, 9.17) is 9.26 Å². The Bertz CT molecular complexity index is 408. The fourth-order valence-electron chi connectivity index (χ4n) is 1.95. The molecule has 1 saturated heterocycles. The molecule has 1 saturated carbocycles. The smallest absolute Gasteiger partial charge is 0.270 e. The fraction of sp³-hybridized carbons (Fsp3) is 0.727. The first-order valence-electron chi connectivity index (χ1n) is 6.05. The van der Waals surface area contributed by atoms with Crippen molar-refractivity contribution in [3.63, 3.8) is 0 Å². The standard InChI is InChI=1S/C11H15N3O3/c15-9(7-3-5-16-6-4-7)12-11-13-10(17-14-11)8-1-2-8/h7-8H,1-6H2,(H,12,14,15). The van der Waals surface area contributed by atoms with Gasteiger partial charge in [0.1, 0.15) is 0 Å². The third-order valence-electron chi connectivity index (χ3n) is 3.20. The van der Waals surface area contributed by atoms with Crippen LogP contribution in [0.15, 0.2) is 4.52 Å². The molecule has 0 bridgehead atoms. The first-order valence-corrected chi connectivity index (χ1v) is 6.05. The Morgan fingerprint density at radius 1 is 1.24 bits per heavy atom. The number of carbonyl (C=O) groups excluding carboxylic acids is 1. The Morgan fingerprint density at radius 3 is 2.71 bits per heavy atom. The summed E-state index contributed by atoms with van der Waals surface area (Å²) in [5.74, 6) is 1.33. The Kier molecular flexibility index (Phi) is 2.80. The van der Waals surface area contributed by atoms with E-state index in [1.54, 1.807) is 0 Å². The van der Waals surface area contributed by atoms with Crippen molar-refractivity contribution in [3.8, 4) is 0 Å². The number of nitrogens with zero attached hydrogens (tertiary/aromatic N) is 2. The second kappa shape index (κ2) is 4.44. The number of hydrogen-bond acceptors (Lipinski definition) is 5. The molecule has 2 fully saturated rings. The Balaban J connectivity index is 1.58. The van der Waals surface area contributed by atoms with Crippen LogP contribution in [-0.4, -0.2) is 29.3 Å². The monoisotopic (exact) mass is 237 g/mol. The molecule has 1 aromatic rings. The van der Waals surface area contributed by atoms with E-state index in [0.29, 0.717) is 31.0 Å². The summed E-state index contributed by atoms with van der Waals surface area (Å²) in [7, 11) is 0. The summed E-state index contributed by atoms with van der Waals surface area (Å²) in [6.07, 6.45) is 3.74. The third-order valence-corrected chi connectivity index (χ3v) is 3.20. The maximum absolute atomic E-state index is 11.9. The largest absolute Gasteiger partial charge is 0.381 e. The second-order valence-corrected chi connectivity index (χ2v) is 4.61. The van der Waals surface area contributed by atoms with E-state index in [9.17, 15) is 4.79 Å². The highest BCUT2D eigenvalue weighted by atomic mass is 16.5. The van der Waals surface area contributed by atoms with Gasteiger partial charge >= 0.3 is 0 Å². The van der Waals surface area contributed by atoms with E-state index in [-0.39, 0.29) is 11.8 Å². The third kappa shape index (κ3) is 2.46. The molecule has 0 unspecified atom stereocenters. The molecule has 17 heavy (non-hydrogen) atoms. The molecule has 1 aromatic heterocycles. The van der Waals surface area contributed by atoms with Gasteiger partial charge in [-0.3, -0.25) is 10.1 Å². The summed E-state index contributed by atoms with van der Waals surface area (Å²) in [5.41, 5.74) is 0. The molecule has 6 nitrogen and oxygen atoms in total. The molecule has 0 spiro atoms. The van der Waals surface area contributed by atoms with Crippen LogP contribution in [0, 0.1) is 5.92 Å². The summed E-state index contributed by atoms with van der Waals surface area (Å²) in [6, 6.07) is 0. The second-order valence-electron chi connectivity index (χ2n) is 4.61. The van der Waals surface area contributed by atoms with Crippen LogP contribution in [0.25, 0.3) is 0 Å². The molecule has 0 radical (unpaired) electrons. The zero-order valence-electron chi connectivity index (χ0n) is 9.52.